The van der Waals surface area contributed by atoms with Crippen LogP contribution >= 0.6 is 11.8 Å². The van der Waals surface area contributed by atoms with Crippen LogP contribution in [-0.4, -0.2) is 31.2 Å². The second kappa shape index (κ2) is 7.62. The Morgan fingerprint density at radius 2 is 1.94 bits per heavy atom. The van der Waals surface area contributed by atoms with Gasteiger partial charge in [0.05, 0.1) is 0 Å². The quantitative estimate of drug-likeness (QED) is 0.786. The molecule has 0 saturated carbocycles. The van der Waals surface area contributed by atoms with Crippen molar-refractivity contribution in [1.29, 1.82) is 0 Å². The average Bonchev–Trinajstić information content (AvgIpc) is 2.41. The van der Waals surface area contributed by atoms with Crippen molar-refractivity contribution < 1.29 is 4.74 Å². The third kappa shape index (κ3) is 5.00. The van der Waals surface area contributed by atoms with Gasteiger partial charge in [0, 0.05) is 6.54 Å². The Bertz CT molecular complexity index is 298. The molecule has 17 heavy (non-hydrogen) atoms. The molecule has 0 unspecified atom stereocenters. The van der Waals surface area contributed by atoms with E-state index in [0.717, 1.165) is 31.4 Å². The summed E-state index contributed by atoms with van der Waals surface area (Å²) in [7, 11) is 0. The van der Waals surface area contributed by atoms with E-state index >= 15 is 0 Å². The third-order valence-electron chi connectivity index (χ3n) is 3.06. The van der Waals surface area contributed by atoms with Crippen molar-refractivity contribution in [3.63, 3.8) is 0 Å². The minimum absolute atomic E-state index is 0.755. The molecule has 1 aliphatic rings. The molecule has 1 N–H and O–H groups in total. The average molecular weight is 251 g/mol. The Morgan fingerprint density at radius 3 is 2.71 bits per heavy atom. The van der Waals surface area contributed by atoms with Crippen LogP contribution in [-0.2, 0) is 0 Å². The predicted molar refractivity (Wildman–Crippen MR) is 74.9 cm³/mol. The smallest absolute Gasteiger partial charge is 0.119 e. The van der Waals surface area contributed by atoms with Crippen LogP contribution in [0.1, 0.15) is 12.8 Å². The molecule has 0 radical (unpaired) electrons. The molecule has 0 aliphatic carbocycles. The first-order valence-corrected chi connectivity index (χ1v) is 7.57. The van der Waals surface area contributed by atoms with Gasteiger partial charge in [0.15, 0.2) is 0 Å². The van der Waals surface area contributed by atoms with E-state index in [1.165, 1.54) is 24.3 Å². The molecule has 0 atom stereocenters. The molecule has 1 saturated heterocycles. The molecule has 94 valence electrons. The molecule has 0 amide bonds. The van der Waals surface area contributed by atoms with E-state index in [1.807, 2.05) is 30.3 Å². The summed E-state index contributed by atoms with van der Waals surface area (Å²) in [5.41, 5.74) is 0. The number of hydrogen-bond acceptors (Lipinski definition) is 3. The minimum atomic E-state index is 0.755. The summed E-state index contributed by atoms with van der Waals surface area (Å²) in [4.78, 5) is 0. The molecule has 2 nitrogen and oxygen atoms in total. The molecule has 1 fully saturated rings. The van der Waals surface area contributed by atoms with Gasteiger partial charge in [0.25, 0.3) is 0 Å². The third-order valence-corrected chi connectivity index (χ3v) is 4.11. The molecule has 2 rings (SSSR count). The van der Waals surface area contributed by atoms with E-state index in [0.29, 0.717) is 0 Å². The standard InChI is InChI=1S/C14H21NOS/c1-2-4-14(5-3-1)16-9-8-15-12-13-6-10-17-11-7-13/h1-5,13,15H,6-12H2. The van der Waals surface area contributed by atoms with Crippen LogP contribution in [0.2, 0.25) is 0 Å². The summed E-state index contributed by atoms with van der Waals surface area (Å²) in [5, 5.41) is 3.49. The van der Waals surface area contributed by atoms with Crippen molar-refractivity contribution in [2.45, 2.75) is 12.8 Å². The maximum atomic E-state index is 5.63. The van der Waals surface area contributed by atoms with Crippen molar-refractivity contribution in [3.8, 4) is 5.75 Å². The van der Waals surface area contributed by atoms with Crippen molar-refractivity contribution in [3.05, 3.63) is 30.3 Å². The van der Waals surface area contributed by atoms with Crippen LogP contribution in [0, 0.1) is 5.92 Å². The maximum Gasteiger partial charge on any atom is 0.119 e. The van der Waals surface area contributed by atoms with Crippen molar-refractivity contribution in [2.24, 2.45) is 5.92 Å². The normalized spacial score (nSPS) is 16.9. The molecule has 1 aromatic rings. The molecule has 0 spiro atoms. The molecule has 1 heterocycles. The molecule has 3 heteroatoms. The van der Waals surface area contributed by atoms with Crippen molar-refractivity contribution >= 4 is 11.8 Å². The van der Waals surface area contributed by atoms with Gasteiger partial charge in [-0.2, -0.15) is 11.8 Å². The van der Waals surface area contributed by atoms with Gasteiger partial charge in [-0.3, -0.25) is 0 Å². The van der Waals surface area contributed by atoms with Gasteiger partial charge in [-0.15, -0.1) is 0 Å². The zero-order valence-corrected chi connectivity index (χ0v) is 11.0. The molecule has 0 aromatic heterocycles. The summed E-state index contributed by atoms with van der Waals surface area (Å²) < 4.78 is 5.63. The van der Waals surface area contributed by atoms with E-state index < -0.39 is 0 Å². The molecule has 1 aromatic carbocycles. The van der Waals surface area contributed by atoms with E-state index in [2.05, 4.69) is 17.1 Å². The van der Waals surface area contributed by atoms with Crippen molar-refractivity contribution in [2.75, 3.05) is 31.2 Å². The highest BCUT2D eigenvalue weighted by molar-refractivity contribution is 7.99. The Balaban J connectivity index is 1.51. The van der Waals surface area contributed by atoms with Crippen LogP contribution in [0.25, 0.3) is 0 Å². The van der Waals surface area contributed by atoms with Crippen LogP contribution in [0.3, 0.4) is 0 Å². The fraction of sp³-hybridized carbons (Fsp3) is 0.571. The van der Waals surface area contributed by atoms with E-state index in [-0.39, 0.29) is 0 Å². The van der Waals surface area contributed by atoms with E-state index in [9.17, 15) is 0 Å². The van der Waals surface area contributed by atoms with E-state index in [4.69, 9.17) is 4.74 Å². The first-order chi connectivity index (χ1) is 8.45. The van der Waals surface area contributed by atoms with E-state index in [1.54, 1.807) is 0 Å². The summed E-state index contributed by atoms with van der Waals surface area (Å²) in [6.07, 6.45) is 2.74. The monoisotopic (exact) mass is 251 g/mol. The largest absolute Gasteiger partial charge is 0.492 e. The van der Waals surface area contributed by atoms with Gasteiger partial charge in [-0.05, 0) is 48.9 Å². The molecule has 0 bridgehead atoms. The van der Waals surface area contributed by atoms with Crippen LogP contribution in [0.4, 0.5) is 0 Å². The summed E-state index contributed by atoms with van der Waals surface area (Å²) >= 11 is 2.09. The lowest BCUT2D eigenvalue weighted by atomic mass is 10.0. The van der Waals surface area contributed by atoms with Gasteiger partial charge in [0.2, 0.25) is 0 Å². The Labute approximate surface area is 108 Å². The van der Waals surface area contributed by atoms with Crippen molar-refractivity contribution in [1.82, 2.24) is 5.32 Å². The number of benzene rings is 1. The number of hydrogen-bond donors (Lipinski definition) is 1. The van der Waals surface area contributed by atoms with Gasteiger partial charge in [-0.25, -0.2) is 0 Å². The molecular weight excluding hydrogens is 230 g/mol. The van der Waals surface area contributed by atoms with Gasteiger partial charge >= 0.3 is 0 Å². The molecular formula is C14H21NOS. The Morgan fingerprint density at radius 1 is 1.18 bits per heavy atom. The SMILES string of the molecule is c1ccc(OCCNCC2CCSCC2)cc1. The fourth-order valence-corrected chi connectivity index (χ4v) is 3.22. The van der Waals surface area contributed by atoms with Gasteiger partial charge < -0.3 is 10.1 Å². The summed E-state index contributed by atoms with van der Waals surface area (Å²) in [6, 6.07) is 10.0. The zero-order chi connectivity index (χ0) is 11.8. The summed E-state index contributed by atoms with van der Waals surface area (Å²) in [5.74, 6) is 4.52. The highest BCUT2D eigenvalue weighted by atomic mass is 32.2. The molecule has 1 aliphatic heterocycles. The number of nitrogens with one attached hydrogen (secondary N) is 1. The van der Waals surface area contributed by atoms with Crippen LogP contribution in [0.5, 0.6) is 5.75 Å². The Kier molecular flexibility index (Phi) is 5.73. The lowest BCUT2D eigenvalue weighted by molar-refractivity contribution is 0.307. The Hall–Kier alpha value is -0.670. The second-order valence-electron chi connectivity index (χ2n) is 4.42. The van der Waals surface area contributed by atoms with Crippen LogP contribution < -0.4 is 10.1 Å². The second-order valence-corrected chi connectivity index (χ2v) is 5.65. The topological polar surface area (TPSA) is 21.3 Å². The lowest BCUT2D eigenvalue weighted by Gasteiger charge is -2.21. The minimum Gasteiger partial charge on any atom is -0.492 e. The lowest BCUT2D eigenvalue weighted by Crippen LogP contribution is -2.29. The van der Waals surface area contributed by atoms with Gasteiger partial charge in [-0.1, -0.05) is 18.2 Å². The number of ether oxygens (including phenoxy) is 1. The summed E-state index contributed by atoms with van der Waals surface area (Å²) in [6.45, 7) is 2.85. The number of para-hydroxylation sites is 1. The fourth-order valence-electron chi connectivity index (χ4n) is 2.01. The van der Waals surface area contributed by atoms with Gasteiger partial charge in [0.1, 0.15) is 12.4 Å². The maximum absolute atomic E-state index is 5.63. The highest BCUT2D eigenvalue weighted by Crippen LogP contribution is 2.21. The highest BCUT2D eigenvalue weighted by Gasteiger charge is 2.12. The van der Waals surface area contributed by atoms with Crippen LogP contribution in [0.15, 0.2) is 30.3 Å². The zero-order valence-electron chi connectivity index (χ0n) is 10.2. The number of thioether (sulfide) groups is 1. The number of rotatable bonds is 6. The first-order valence-electron chi connectivity index (χ1n) is 6.41. The predicted octanol–water partition coefficient (Wildman–Crippen LogP) is 2.80. The first kappa shape index (κ1) is 12.8.